The van der Waals surface area contributed by atoms with Gasteiger partial charge in [-0.15, -0.1) is 0 Å². The van der Waals surface area contributed by atoms with Crippen LogP contribution in [-0.4, -0.2) is 60.1 Å². The van der Waals surface area contributed by atoms with Gasteiger partial charge in [0, 0.05) is 36.9 Å². The summed E-state index contributed by atoms with van der Waals surface area (Å²) in [5, 5.41) is 3.77. The molecule has 1 N–H and O–H groups in total. The van der Waals surface area contributed by atoms with Gasteiger partial charge in [-0.25, -0.2) is 9.69 Å². The summed E-state index contributed by atoms with van der Waals surface area (Å²) >= 11 is 6.10. The molecule has 1 aromatic rings. The molecule has 1 spiro atoms. The lowest BCUT2D eigenvalue weighted by atomic mass is 9.73. The predicted molar refractivity (Wildman–Crippen MR) is 106 cm³/mol. The van der Waals surface area contributed by atoms with Crippen LogP contribution in [-0.2, 0) is 4.79 Å². The van der Waals surface area contributed by atoms with Gasteiger partial charge in [-0.1, -0.05) is 37.4 Å². The number of hydrogen-bond acceptors (Lipinski definition) is 4. The Morgan fingerprint density at radius 2 is 1.96 bits per heavy atom. The molecule has 2 atom stereocenters. The number of carbonyl (C=O) groups is 2. The Balaban J connectivity index is 1.38. The zero-order chi connectivity index (χ0) is 19.0. The molecule has 27 heavy (non-hydrogen) atoms. The average Bonchev–Trinajstić information content (AvgIpc) is 2.90. The fourth-order valence-corrected chi connectivity index (χ4v) is 4.83. The second-order valence-corrected chi connectivity index (χ2v) is 8.44. The lowest BCUT2D eigenvalue weighted by molar-refractivity contribution is -0.135. The first-order valence-corrected chi connectivity index (χ1v) is 10.2. The van der Waals surface area contributed by atoms with Crippen LogP contribution in [0.25, 0.3) is 0 Å². The van der Waals surface area contributed by atoms with E-state index in [0.717, 1.165) is 62.6 Å². The standard InChI is InChI=1S/C20H27ClN4O2/c1-15-5-2-3-8-20(15)18(26)25(19(27)22-20)14-23-9-11-24(12-10-23)17-7-4-6-16(21)13-17/h4,6-7,13,15H,2-3,5,8-12,14H2,1H3,(H,22,27)/t15-,20+/m0/s1. The molecule has 3 fully saturated rings. The number of halogens is 1. The fraction of sp³-hybridized carbons (Fsp3) is 0.600. The van der Waals surface area contributed by atoms with Crippen molar-refractivity contribution in [3.63, 3.8) is 0 Å². The van der Waals surface area contributed by atoms with Gasteiger partial charge in [0.15, 0.2) is 0 Å². The molecule has 2 aliphatic heterocycles. The van der Waals surface area contributed by atoms with Crippen LogP contribution < -0.4 is 10.2 Å². The number of imide groups is 1. The lowest BCUT2D eigenvalue weighted by Gasteiger charge is -2.38. The summed E-state index contributed by atoms with van der Waals surface area (Å²) in [7, 11) is 0. The van der Waals surface area contributed by atoms with E-state index in [1.165, 1.54) is 4.90 Å². The molecule has 1 aromatic carbocycles. The first-order chi connectivity index (χ1) is 13.0. The van der Waals surface area contributed by atoms with E-state index >= 15 is 0 Å². The van der Waals surface area contributed by atoms with Crippen LogP contribution >= 0.6 is 11.6 Å². The number of nitrogens with one attached hydrogen (secondary N) is 1. The highest BCUT2D eigenvalue weighted by Crippen LogP contribution is 2.38. The third kappa shape index (κ3) is 3.41. The quantitative estimate of drug-likeness (QED) is 0.806. The van der Waals surface area contributed by atoms with Gasteiger partial charge >= 0.3 is 6.03 Å². The summed E-state index contributed by atoms with van der Waals surface area (Å²) in [6.45, 7) is 5.79. The number of nitrogens with zero attached hydrogens (tertiary/aromatic N) is 3. The Labute approximate surface area is 165 Å². The van der Waals surface area contributed by atoms with Gasteiger partial charge in [-0.2, -0.15) is 0 Å². The van der Waals surface area contributed by atoms with Crippen LogP contribution in [0.2, 0.25) is 5.02 Å². The third-order valence-electron chi connectivity index (χ3n) is 6.39. The van der Waals surface area contributed by atoms with Crippen molar-refractivity contribution >= 4 is 29.2 Å². The summed E-state index contributed by atoms with van der Waals surface area (Å²) in [5.41, 5.74) is 0.449. The zero-order valence-electron chi connectivity index (χ0n) is 15.8. The summed E-state index contributed by atoms with van der Waals surface area (Å²) in [5.74, 6) is 0.171. The maximum atomic E-state index is 13.1. The lowest BCUT2D eigenvalue weighted by Crippen LogP contribution is -2.55. The molecule has 4 rings (SSSR count). The number of anilines is 1. The van der Waals surface area contributed by atoms with Crippen molar-refractivity contribution in [3.05, 3.63) is 29.3 Å². The van der Waals surface area contributed by atoms with E-state index < -0.39 is 5.54 Å². The summed E-state index contributed by atoms with van der Waals surface area (Å²) in [6, 6.07) is 7.64. The van der Waals surface area contributed by atoms with E-state index in [0.29, 0.717) is 6.67 Å². The van der Waals surface area contributed by atoms with Crippen molar-refractivity contribution in [2.45, 2.75) is 38.1 Å². The molecule has 0 bridgehead atoms. The van der Waals surface area contributed by atoms with Crippen molar-refractivity contribution < 1.29 is 9.59 Å². The molecule has 2 saturated heterocycles. The molecule has 7 heteroatoms. The van der Waals surface area contributed by atoms with Crippen molar-refractivity contribution in [3.8, 4) is 0 Å². The minimum atomic E-state index is -0.669. The van der Waals surface area contributed by atoms with Crippen LogP contribution in [0.5, 0.6) is 0 Å². The molecule has 1 aliphatic carbocycles. The van der Waals surface area contributed by atoms with E-state index in [2.05, 4.69) is 28.1 Å². The number of amides is 3. The molecule has 6 nitrogen and oxygen atoms in total. The van der Waals surface area contributed by atoms with Crippen LogP contribution in [0.3, 0.4) is 0 Å². The minimum Gasteiger partial charge on any atom is -0.369 e. The molecular weight excluding hydrogens is 364 g/mol. The van der Waals surface area contributed by atoms with Crippen molar-refractivity contribution in [1.29, 1.82) is 0 Å². The molecule has 146 valence electrons. The molecule has 0 radical (unpaired) electrons. The minimum absolute atomic E-state index is 0.0306. The molecular formula is C20H27ClN4O2. The smallest absolute Gasteiger partial charge is 0.326 e. The number of hydrogen-bond donors (Lipinski definition) is 1. The van der Waals surface area contributed by atoms with Gasteiger partial charge in [0.25, 0.3) is 5.91 Å². The Kier molecular flexibility index (Phi) is 5.03. The predicted octanol–water partition coefficient (Wildman–Crippen LogP) is 2.92. The number of piperazine rings is 1. The second-order valence-electron chi connectivity index (χ2n) is 8.01. The zero-order valence-corrected chi connectivity index (χ0v) is 16.5. The first kappa shape index (κ1) is 18.6. The Morgan fingerprint density at radius 3 is 2.67 bits per heavy atom. The highest BCUT2D eigenvalue weighted by atomic mass is 35.5. The van der Waals surface area contributed by atoms with Gasteiger partial charge in [0.2, 0.25) is 0 Å². The summed E-state index contributed by atoms with van der Waals surface area (Å²) < 4.78 is 0. The summed E-state index contributed by atoms with van der Waals surface area (Å²) in [6.07, 6.45) is 3.90. The molecule has 0 unspecified atom stereocenters. The van der Waals surface area contributed by atoms with E-state index in [-0.39, 0.29) is 17.9 Å². The van der Waals surface area contributed by atoms with E-state index in [1.54, 1.807) is 0 Å². The largest absolute Gasteiger partial charge is 0.369 e. The fourth-order valence-electron chi connectivity index (χ4n) is 4.64. The number of rotatable bonds is 3. The monoisotopic (exact) mass is 390 g/mol. The SMILES string of the molecule is C[C@H]1CCCC[C@@]12NC(=O)N(CN1CCN(c3cccc(Cl)c3)CC1)C2=O. The van der Waals surface area contributed by atoms with Gasteiger partial charge in [-0.05, 0) is 37.0 Å². The molecule has 3 aliphatic rings. The van der Waals surface area contributed by atoms with Crippen LogP contribution in [0.1, 0.15) is 32.6 Å². The molecule has 0 aromatic heterocycles. The van der Waals surface area contributed by atoms with E-state index in [9.17, 15) is 9.59 Å². The number of urea groups is 1. The van der Waals surface area contributed by atoms with Crippen LogP contribution in [0.4, 0.5) is 10.5 Å². The normalized spacial score (nSPS) is 29.5. The average molecular weight is 391 g/mol. The van der Waals surface area contributed by atoms with Gasteiger partial charge in [0.05, 0.1) is 6.67 Å². The second kappa shape index (κ2) is 7.32. The van der Waals surface area contributed by atoms with Crippen LogP contribution in [0, 0.1) is 5.92 Å². The van der Waals surface area contributed by atoms with Crippen LogP contribution in [0.15, 0.2) is 24.3 Å². The van der Waals surface area contributed by atoms with Crippen molar-refractivity contribution in [1.82, 2.24) is 15.1 Å². The maximum absolute atomic E-state index is 13.1. The van der Waals surface area contributed by atoms with Crippen molar-refractivity contribution in [2.75, 3.05) is 37.7 Å². The highest BCUT2D eigenvalue weighted by molar-refractivity contribution is 6.30. The van der Waals surface area contributed by atoms with E-state index in [4.69, 9.17) is 11.6 Å². The van der Waals surface area contributed by atoms with Gasteiger partial charge in [0.1, 0.15) is 5.54 Å². The van der Waals surface area contributed by atoms with Crippen molar-refractivity contribution in [2.24, 2.45) is 5.92 Å². The summed E-state index contributed by atoms with van der Waals surface area (Å²) in [4.78, 5) is 31.5. The van der Waals surface area contributed by atoms with Gasteiger partial charge < -0.3 is 10.2 Å². The van der Waals surface area contributed by atoms with Gasteiger partial charge in [-0.3, -0.25) is 9.69 Å². The number of carbonyl (C=O) groups excluding carboxylic acids is 2. The topological polar surface area (TPSA) is 55.9 Å². The Hall–Kier alpha value is -1.79. The highest BCUT2D eigenvalue weighted by Gasteiger charge is 2.55. The number of benzene rings is 1. The first-order valence-electron chi connectivity index (χ1n) is 9.86. The molecule has 1 saturated carbocycles. The third-order valence-corrected chi connectivity index (χ3v) is 6.62. The van der Waals surface area contributed by atoms with E-state index in [1.807, 2.05) is 18.2 Å². The Morgan fingerprint density at radius 1 is 1.19 bits per heavy atom. The maximum Gasteiger partial charge on any atom is 0.326 e. The Bertz CT molecular complexity index is 734. The molecule has 2 heterocycles. The molecule has 3 amide bonds.